The lowest BCUT2D eigenvalue weighted by Crippen LogP contribution is -2.36. The zero-order chi connectivity index (χ0) is 18.1. The third-order valence-corrected chi connectivity index (χ3v) is 4.77. The molecular formula is C19H32N4O2. The first kappa shape index (κ1) is 19.4. The number of methoxy groups -OCH3 is 2. The fourth-order valence-corrected chi connectivity index (χ4v) is 3.32. The van der Waals surface area contributed by atoms with Crippen LogP contribution in [-0.4, -0.2) is 57.3 Å². The van der Waals surface area contributed by atoms with Crippen LogP contribution < -0.4 is 20.5 Å². The number of guanidine groups is 1. The predicted molar refractivity (Wildman–Crippen MR) is 103 cm³/mol. The second-order valence-corrected chi connectivity index (χ2v) is 6.37. The highest BCUT2D eigenvalue weighted by Crippen LogP contribution is 2.27. The van der Waals surface area contributed by atoms with Crippen LogP contribution in [-0.2, 0) is 6.42 Å². The van der Waals surface area contributed by atoms with Gasteiger partial charge < -0.3 is 20.5 Å². The summed E-state index contributed by atoms with van der Waals surface area (Å²) in [6.45, 7) is 6.10. The molecule has 1 heterocycles. The summed E-state index contributed by atoms with van der Waals surface area (Å²) in [5, 5.41) is 3.21. The lowest BCUT2D eigenvalue weighted by Gasteiger charge is -2.20. The summed E-state index contributed by atoms with van der Waals surface area (Å²) in [4.78, 5) is 6.98. The topological polar surface area (TPSA) is 72.1 Å². The summed E-state index contributed by atoms with van der Waals surface area (Å²) in [5.41, 5.74) is 7.21. The number of hydrogen-bond acceptors (Lipinski definition) is 4. The molecule has 1 aliphatic rings. The molecule has 1 unspecified atom stereocenters. The van der Waals surface area contributed by atoms with Gasteiger partial charge in [-0.05, 0) is 56.5 Å². The molecule has 140 valence electrons. The lowest BCUT2D eigenvalue weighted by molar-refractivity contribution is 0.273. The Hall–Kier alpha value is -1.95. The summed E-state index contributed by atoms with van der Waals surface area (Å²) in [7, 11) is 3.30. The number of rotatable bonds is 9. The number of nitrogens with one attached hydrogen (secondary N) is 1. The van der Waals surface area contributed by atoms with E-state index in [-0.39, 0.29) is 0 Å². The molecule has 0 aliphatic carbocycles. The van der Waals surface area contributed by atoms with E-state index in [4.69, 9.17) is 15.2 Å². The molecule has 2 rings (SSSR count). The van der Waals surface area contributed by atoms with Crippen molar-refractivity contribution in [3.8, 4) is 11.5 Å². The van der Waals surface area contributed by atoms with Gasteiger partial charge in [0.25, 0.3) is 0 Å². The van der Waals surface area contributed by atoms with Crippen molar-refractivity contribution >= 4 is 5.96 Å². The highest BCUT2D eigenvalue weighted by Gasteiger charge is 2.22. The number of hydrogen-bond donors (Lipinski definition) is 2. The number of aryl methyl sites for hydroxylation is 1. The number of likely N-dealkylation sites (N-methyl/N-ethyl adjacent to an activating group) is 1. The van der Waals surface area contributed by atoms with Crippen molar-refractivity contribution in [2.75, 3.05) is 40.4 Å². The van der Waals surface area contributed by atoms with Crippen molar-refractivity contribution in [1.29, 1.82) is 0 Å². The Morgan fingerprint density at radius 1 is 1.32 bits per heavy atom. The van der Waals surface area contributed by atoms with Crippen molar-refractivity contribution in [3.05, 3.63) is 23.8 Å². The quantitative estimate of drug-likeness (QED) is 0.406. The molecule has 0 radical (unpaired) electrons. The van der Waals surface area contributed by atoms with Crippen molar-refractivity contribution in [1.82, 2.24) is 10.2 Å². The maximum atomic E-state index is 5.99. The van der Waals surface area contributed by atoms with Gasteiger partial charge in [0.15, 0.2) is 17.5 Å². The number of nitrogens with zero attached hydrogens (tertiary/aromatic N) is 2. The van der Waals surface area contributed by atoms with Crippen LogP contribution in [0.25, 0.3) is 0 Å². The number of nitrogens with two attached hydrogens (primary N) is 1. The van der Waals surface area contributed by atoms with Gasteiger partial charge in [-0.3, -0.25) is 9.89 Å². The number of ether oxygens (including phenoxy) is 2. The van der Waals surface area contributed by atoms with Gasteiger partial charge in [0, 0.05) is 12.6 Å². The summed E-state index contributed by atoms with van der Waals surface area (Å²) in [5.74, 6) is 2.08. The monoisotopic (exact) mass is 348 g/mol. The SMILES string of the molecule is CCN1CCCC1CN=C(N)NCCCc1ccc(OC)c(OC)c1. The van der Waals surface area contributed by atoms with Crippen molar-refractivity contribution in [2.24, 2.45) is 10.7 Å². The minimum Gasteiger partial charge on any atom is -0.493 e. The van der Waals surface area contributed by atoms with Gasteiger partial charge in [0.05, 0.1) is 20.8 Å². The fourth-order valence-electron chi connectivity index (χ4n) is 3.32. The van der Waals surface area contributed by atoms with Gasteiger partial charge in [0.1, 0.15) is 0 Å². The van der Waals surface area contributed by atoms with E-state index >= 15 is 0 Å². The maximum absolute atomic E-state index is 5.99. The van der Waals surface area contributed by atoms with E-state index in [0.717, 1.165) is 44.0 Å². The van der Waals surface area contributed by atoms with Crippen molar-refractivity contribution in [2.45, 2.75) is 38.6 Å². The highest BCUT2D eigenvalue weighted by atomic mass is 16.5. The summed E-state index contributed by atoms with van der Waals surface area (Å²) in [6, 6.07) is 6.59. The van der Waals surface area contributed by atoms with Crippen LogP contribution in [0.15, 0.2) is 23.2 Å². The molecular weight excluding hydrogens is 316 g/mol. The van der Waals surface area contributed by atoms with Crippen LogP contribution in [0, 0.1) is 0 Å². The predicted octanol–water partition coefficient (Wildman–Crippen LogP) is 2.03. The van der Waals surface area contributed by atoms with E-state index in [1.807, 2.05) is 12.1 Å². The second kappa shape index (κ2) is 10.1. The molecule has 0 saturated carbocycles. The van der Waals surface area contributed by atoms with Gasteiger partial charge >= 0.3 is 0 Å². The Bertz CT molecular complexity index is 562. The molecule has 0 amide bonds. The Morgan fingerprint density at radius 2 is 2.12 bits per heavy atom. The Balaban J connectivity index is 1.70. The third-order valence-electron chi connectivity index (χ3n) is 4.77. The van der Waals surface area contributed by atoms with E-state index in [9.17, 15) is 0 Å². The largest absolute Gasteiger partial charge is 0.493 e. The van der Waals surface area contributed by atoms with Crippen LogP contribution in [0.2, 0.25) is 0 Å². The van der Waals surface area contributed by atoms with Crippen molar-refractivity contribution in [3.63, 3.8) is 0 Å². The molecule has 1 fully saturated rings. The molecule has 0 bridgehead atoms. The minimum atomic E-state index is 0.551. The highest BCUT2D eigenvalue weighted by molar-refractivity contribution is 5.77. The molecule has 6 nitrogen and oxygen atoms in total. The van der Waals surface area contributed by atoms with Crippen LogP contribution in [0.4, 0.5) is 0 Å². The van der Waals surface area contributed by atoms with E-state index in [1.54, 1.807) is 14.2 Å². The van der Waals surface area contributed by atoms with E-state index in [1.165, 1.54) is 24.9 Å². The third kappa shape index (κ3) is 5.81. The number of likely N-dealkylation sites (tertiary alicyclic amines) is 1. The molecule has 25 heavy (non-hydrogen) atoms. The summed E-state index contributed by atoms with van der Waals surface area (Å²) < 4.78 is 10.6. The smallest absolute Gasteiger partial charge is 0.188 e. The molecule has 1 saturated heterocycles. The molecule has 6 heteroatoms. The van der Waals surface area contributed by atoms with Crippen LogP contribution in [0.5, 0.6) is 11.5 Å². The average molecular weight is 348 g/mol. The minimum absolute atomic E-state index is 0.551. The standard InChI is InChI=1S/C19H32N4O2/c1-4-23-12-6-8-16(23)14-22-19(20)21-11-5-7-15-9-10-17(24-2)18(13-15)25-3/h9-10,13,16H,4-8,11-12,14H2,1-3H3,(H3,20,21,22). The molecule has 1 aliphatic heterocycles. The zero-order valence-electron chi connectivity index (χ0n) is 15.8. The van der Waals surface area contributed by atoms with E-state index < -0.39 is 0 Å². The first-order valence-corrected chi connectivity index (χ1v) is 9.16. The van der Waals surface area contributed by atoms with Crippen molar-refractivity contribution < 1.29 is 9.47 Å². The normalized spacial score (nSPS) is 18.4. The van der Waals surface area contributed by atoms with Gasteiger partial charge in [-0.25, -0.2) is 0 Å². The van der Waals surface area contributed by atoms with E-state index in [2.05, 4.69) is 28.2 Å². The lowest BCUT2D eigenvalue weighted by atomic mass is 10.1. The zero-order valence-corrected chi connectivity index (χ0v) is 15.8. The Kier molecular flexibility index (Phi) is 7.85. The maximum Gasteiger partial charge on any atom is 0.188 e. The number of benzene rings is 1. The summed E-state index contributed by atoms with van der Waals surface area (Å²) >= 11 is 0. The molecule has 1 atom stereocenters. The molecule has 3 N–H and O–H groups in total. The Labute approximate surface area is 151 Å². The summed E-state index contributed by atoms with van der Waals surface area (Å²) in [6.07, 6.45) is 4.43. The fraction of sp³-hybridized carbons (Fsp3) is 0.632. The average Bonchev–Trinajstić information content (AvgIpc) is 3.10. The molecule has 1 aromatic rings. The number of aliphatic imine (C=N–C) groups is 1. The molecule has 0 aromatic heterocycles. The Morgan fingerprint density at radius 3 is 2.84 bits per heavy atom. The second-order valence-electron chi connectivity index (χ2n) is 6.37. The van der Waals surface area contributed by atoms with Crippen LogP contribution in [0.3, 0.4) is 0 Å². The van der Waals surface area contributed by atoms with Gasteiger partial charge in [-0.2, -0.15) is 0 Å². The van der Waals surface area contributed by atoms with Gasteiger partial charge in [0.2, 0.25) is 0 Å². The first-order valence-electron chi connectivity index (χ1n) is 9.16. The van der Waals surface area contributed by atoms with Crippen LogP contribution >= 0.6 is 0 Å². The van der Waals surface area contributed by atoms with Gasteiger partial charge in [-0.15, -0.1) is 0 Å². The van der Waals surface area contributed by atoms with Crippen LogP contribution in [0.1, 0.15) is 31.7 Å². The van der Waals surface area contributed by atoms with E-state index in [0.29, 0.717) is 12.0 Å². The first-order chi connectivity index (χ1) is 12.2. The molecule has 1 aromatic carbocycles. The van der Waals surface area contributed by atoms with Gasteiger partial charge in [-0.1, -0.05) is 13.0 Å². The molecule has 0 spiro atoms.